The summed E-state index contributed by atoms with van der Waals surface area (Å²) in [6, 6.07) is 12.5. The number of carbonyl (C=O) groups excluding carboxylic acids is 2. The number of aliphatic imine (C=N–C) groups is 1. The van der Waals surface area contributed by atoms with E-state index in [0.29, 0.717) is 27.3 Å². The van der Waals surface area contributed by atoms with Gasteiger partial charge in [-0.25, -0.2) is 4.99 Å². The lowest BCUT2D eigenvalue weighted by Gasteiger charge is -2.28. The number of thioether (sulfide) groups is 1. The van der Waals surface area contributed by atoms with Crippen molar-refractivity contribution in [2.75, 3.05) is 19.5 Å². The van der Waals surface area contributed by atoms with Gasteiger partial charge in [-0.15, -0.1) is 0 Å². The van der Waals surface area contributed by atoms with Gasteiger partial charge in [0.2, 0.25) is 11.8 Å². The van der Waals surface area contributed by atoms with Crippen LogP contribution in [0.25, 0.3) is 0 Å². The average molecular weight is 418 g/mol. The monoisotopic (exact) mass is 417 g/mol. The maximum Gasteiger partial charge on any atom is 0.238 e. The van der Waals surface area contributed by atoms with Crippen molar-refractivity contribution in [2.45, 2.75) is 18.6 Å². The van der Waals surface area contributed by atoms with Crippen LogP contribution in [0.5, 0.6) is 5.75 Å². The topological polar surface area (TPSA) is 71.0 Å². The molecule has 1 N–H and O–H groups in total. The van der Waals surface area contributed by atoms with Gasteiger partial charge in [0.15, 0.2) is 5.17 Å². The first kappa shape index (κ1) is 20.2. The molecule has 3 rings (SSSR count). The molecule has 0 aromatic heterocycles. The summed E-state index contributed by atoms with van der Waals surface area (Å²) in [5.41, 5.74) is 2.19. The Bertz CT molecular complexity index is 948. The first-order chi connectivity index (χ1) is 13.4. The zero-order valence-electron chi connectivity index (χ0n) is 15.7. The molecular formula is C20H20ClN3O3S. The van der Waals surface area contributed by atoms with Gasteiger partial charge in [0.05, 0.1) is 12.8 Å². The maximum absolute atomic E-state index is 12.7. The summed E-state index contributed by atoms with van der Waals surface area (Å²) in [6.45, 7) is 1.91. The molecule has 0 bridgehead atoms. The molecule has 0 aliphatic carbocycles. The van der Waals surface area contributed by atoms with Crippen LogP contribution in [0.3, 0.4) is 0 Å². The molecule has 2 aromatic carbocycles. The molecule has 0 radical (unpaired) electrons. The molecule has 1 saturated heterocycles. The van der Waals surface area contributed by atoms with Crippen molar-refractivity contribution in [2.24, 2.45) is 4.99 Å². The molecule has 28 heavy (non-hydrogen) atoms. The predicted octanol–water partition coefficient (Wildman–Crippen LogP) is 4.25. The van der Waals surface area contributed by atoms with Crippen LogP contribution in [0.15, 0.2) is 47.5 Å². The van der Waals surface area contributed by atoms with Gasteiger partial charge in [0.25, 0.3) is 0 Å². The zero-order valence-corrected chi connectivity index (χ0v) is 17.3. The molecule has 1 aliphatic rings. The molecule has 0 spiro atoms. The normalized spacial score (nSPS) is 18.3. The molecule has 8 heteroatoms. The number of ether oxygens (including phenoxy) is 1. The lowest BCUT2D eigenvalue weighted by molar-refractivity contribution is -0.128. The van der Waals surface area contributed by atoms with Crippen LogP contribution in [0.4, 0.5) is 11.4 Å². The molecule has 2 amide bonds. The SMILES string of the molecule is COc1cccc(NC(=O)C2CC(=O)N(C)C(=Nc3ccc(C)c(Cl)c3)S2)c1. The van der Waals surface area contributed by atoms with Gasteiger partial charge >= 0.3 is 0 Å². The second kappa shape index (κ2) is 8.67. The number of amidine groups is 1. The van der Waals surface area contributed by atoms with E-state index < -0.39 is 5.25 Å². The van der Waals surface area contributed by atoms with E-state index >= 15 is 0 Å². The molecule has 0 saturated carbocycles. The minimum atomic E-state index is -0.574. The number of nitrogens with zero attached hydrogens (tertiary/aromatic N) is 2. The summed E-state index contributed by atoms with van der Waals surface area (Å²) in [4.78, 5) is 31.1. The number of halogens is 1. The van der Waals surface area contributed by atoms with Crippen molar-refractivity contribution in [1.29, 1.82) is 0 Å². The van der Waals surface area contributed by atoms with Crippen molar-refractivity contribution in [1.82, 2.24) is 4.90 Å². The number of hydrogen-bond donors (Lipinski definition) is 1. The Labute approximate surface area is 172 Å². The number of anilines is 1. The lowest BCUT2D eigenvalue weighted by Crippen LogP contribution is -2.43. The van der Waals surface area contributed by atoms with Gasteiger partial charge in [0.1, 0.15) is 11.0 Å². The fraction of sp³-hybridized carbons (Fsp3) is 0.250. The van der Waals surface area contributed by atoms with Crippen LogP contribution in [-0.2, 0) is 9.59 Å². The third kappa shape index (κ3) is 4.66. The lowest BCUT2D eigenvalue weighted by atomic mass is 10.2. The smallest absolute Gasteiger partial charge is 0.238 e. The van der Waals surface area contributed by atoms with Crippen LogP contribution in [-0.4, -0.2) is 41.3 Å². The summed E-state index contributed by atoms with van der Waals surface area (Å²) >= 11 is 7.41. The van der Waals surface area contributed by atoms with E-state index in [0.717, 1.165) is 5.56 Å². The van der Waals surface area contributed by atoms with Crippen molar-refractivity contribution >= 4 is 51.7 Å². The summed E-state index contributed by atoms with van der Waals surface area (Å²) in [6.07, 6.45) is 0.102. The third-order valence-electron chi connectivity index (χ3n) is 4.28. The van der Waals surface area contributed by atoms with E-state index in [1.165, 1.54) is 16.7 Å². The Morgan fingerprint density at radius 3 is 2.82 bits per heavy atom. The molecule has 1 fully saturated rings. The van der Waals surface area contributed by atoms with Crippen LogP contribution >= 0.6 is 23.4 Å². The van der Waals surface area contributed by atoms with Gasteiger partial charge < -0.3 is 10.1 Å². The largest absolute Gasteiger partial charge is 0.497 e. The number of amides is 2. The first-order valence-electron chi connectivity index (χ1n) is 8.60. The van der Waals surface area contributed by atoms with E-state index in [4.69, 9.17) is 16.3 Å². The molecule has 1 heterocycles. The standard InChI is InChI=1S/C20H20ClN3O3S/c1-12-7-8-14(10-16(12)21)23-20-24(2)18(25)11-17(28-20)19(26)22-13-5-4-6-15(9-13)27-3/h4-10,17H,11H2,1-3H3,(H,22,26). The van der Waals surface area contributed by atoms with Crippen molar-refractivity contribution in [3.05, 3.63) is 53.1 Å². The van der Waals surface area contributed by atoms with Crippen LogP contribution in [0.2, 0.25) is 5.02 Å². The van der Waals surface area contributed by atoms with Crippen LogP contribution in [0.1, 0.15) is 12.0 Å². The maximum atomic E-state index is 12.7. The summed E-state index contributed by atoms with van der Waals surface area (Å²) in [5, 5.41) is 3.32. The molecule has 146 valence electrons. The number of nitrogens with one attached hydrogen (secondary N) is 1. The number of aryl methyl sites for hydroxylation is 1. The summed E-state index contributed by atoms with van der Waals surface area (Å²) in [7, 11) is 3.21. The molecule has 2 aromatic rings. The minimum absolute atomic E-state index is 0.102. The van der Waals surface area contributed by atoms with E-state index in [1.807, 2.05) is 19.1 Å². The fourth-order valence-corrected chi connectivity index (χ4v) is 3.82. The van der Waals surface area contributed by atoms with Crippen molar-refractivity contribution in [3.63, 3.8) is 0 Å². The highest BCUT2D eigenvalue weighted by atomic mass is 35.5. The molecule has 1 aliphatic heterocycles. The Kier molecular flexibility index (Phi) is 6.26. The second-order valence-corrected chi connectivity index (χ2v) is 7.89. The summed E-state index contributed by atoms with van der Waals surface area (Å²) in [5.74, 6) is 0.222. The average Bonchev–Trinajstić information content (AvgIpc) is 2.68. The Morgan fingerprint density at radius 1 is 1.32 bits per heavy atom. The molecule has 1 atom stereocenters. The van der Waals surface area contributed by atoms with Gasteiger partial charge in [-0.2, -0.15) is 0 Å². The predicted molar refractivity (Wildman–Crippen MR) is 114 cm³/mol. The summed E-state index contributed by atoms with van der Waals surface area (Å²) < 4.78 is 5.17. The van der Waals surface area contributed by atoms with Gasteiger partial charge in [-0.3, -0.25) is 14.5 Å². The van der Waals surface area contributed by atoms with Crippen LogP contribution in [0, 0.1) is 6.92 Å². The van der Waals surface area contributed by atoms with E-state index in [-0.39, 0.29) is 18.2 Å². The minimum Gasteiger partial charge on any atom is -0.497 e. The van der Waals surface area contributed by atoms with E-state index in [2.05, 4.69) is 10.3 Å². The number of benzene rings is 2. The Morgan fingerprint density at radius 2 is 2.11 bits per heavy atom. The highest BCUT2D eigenvalue weighted by Gasteiger charge is 2.34. The Balaban J connectivity index is 1.79. The fourth-order valence-electron chi connectivity index (χ4n) is 2.58. The molecule has 1 unspecified atom stereocenters. The third-order valence-corrected chi connectivity index (χ3v) is 5.93. The second-order valence-electron chi connectivity index (χ2n) is 6.31. The number of methoxy groups -OCH3 is 1. The van der Waals surface area contributed by atoms with Crippen molar-refractivity contribution in [3.8, 4) is 5.75 Å². The molecule has 6 nitrogen and oxygen atoms in total. The highest BCUT2D eigenvalue weighted by molar-refractivity contribution is 8.15. The van der Waals surface area contributed by atoms with Gasteiger partial charge in [0, 0.05) is 30.2 Å². The quantitative estimate of drug-likeness (QED) is 0.807. The Hall–Kier alpha value is -2.51. The molecular weight excluding hydrogens is 398 g/mol. The van der Waals surface area contributed by atoms with Crippen LogP contribution < -0.4 is 10.1 Å². The first-order valence-corrected chi connectivity index (χ1v) is 9.86. The van der Waals surface area contributed by atoms with Gasteiger partial charge in [-0.05, 0) is 36.8 Å². The number of carbonyl (C=O) groups is 2. The van der Waals surface area contributed by atoms with Gasteiger partial charge in [-0.1, -0.05) is 35.5 Å². The van der Waals surface area contributed by atoms with E-state index in [9.17, 15) is 9.59 Å². The zero-order chi connectivity index (χ0) is 20.3. The van der Waals surface area contributed by atoms with E-state index in [1.54, 1.807) is 44.5 Å². The number of rotatable bonds is 4. The van der Waals surface area contributed by atoms with Crippen molar-refractivity contribution < 1.29 is 14.3 Å². The number of hydrogen-bond acceptors (Lipinski definition) is 5. The highest BCUT2D eigenvalue weighted by Crippen LogP contribution is 2.30.